The van der Waals surface area contributed by atoms with Crippen LogP contribution in [-0.4, -0.2) is 28.1 Å². The Morgan fingerprint density at radius 3 is 2.88 bits per heavy atom. The number of nitrogens with zero attached hydrogens (tertiary/aromatic N) is 3. The van der Waals surface area contributed by atoms with Gasteiger partial charge in [-0.25, -0.2) is 0 Å². The van der Waals surface area contributed by atoms with Gasteiger partial charge < -0.3 is 4.52 Å². The van der Waals surface area contributed by atoms with E-state index in [1.54, 1.807) is 0 Å². The third kappa shape index (κ3) is 2.37. The third-order valence-corrected chi connectivity index (χ3v) is 3.99. The van der Waals surface area contributed by atoms with Gasteiger partial charge in [-0.2, -0.15) is 4.98 Å². The molecule has 0 radical (unpaired) electrons. The van der Waals surface area contributed by atoms with E-state index in [1.165, 1.54) is 25.7 Å². The van der Waals surface area contributed by atoms with Crippen LogP contribution in [0.1, 0.15) is 63.2 Å². The van der Waals surface area contributed by atoms with Crippen molar-refractivity contribution in [2.45, 2.75) is 51.5 Å². The lowest BCUT2D eigenvalue weighted by Crippen LogP contribution is -2.36. The van der Waals surface area contributed by atoms with E-state index in [2.05, 4.69) is 28.9 Å². The molecule has 94 valence electrons. The number of hydrogen-bond acceptors (Lipinski definition) is 4. The van der Waals surface area contributed by atoms with Crippen LogP contribution in [0.5, 0.6) is 0 Å². The standard InChI is InChI=1S/C13H21N3O/c1-9-4-3-7-16(8-9)10(2)13-14-12(15-17-13)11-5-6-11/h9-11H,3-8H2,1-2H3/t9-,10-/m1/s1. The zero-order chi connectivity index (χ0) is 11.8. The van der Waals surface area contributed by atoms with Gasteiger partial charge in [0.05, 0.1) is 6.04 Å². The van der Waals surface area contributed by atoms with Crippen LogP contribution < -0.4 is 0 Å². The lowest BCUT2D eigenvalue weighted by molar-refractivity contribution is 0.117. The highest BCUT2D eigenvalue weighted by Crippen LogP contribution is 2.38. The summed E-state index contributed by atoms with van der Waals surface area (Å²) in [5.74, 6) is 3.11. The van der Waals surface area contributed by atoms with E-state index in [1.807, 2.05) is 0 Å². The van der Waals surface area contributed by atoms with E-state index in [0.29, 0.717) is 5.92 Å². The van der Waals surface area contributed by atoms with Crippen molar-refractivity contribution in [3.63, 3.8) is 0 Å². The average molecular weight is 235 g/mol. The molecule has 1 saturated carbocycles. The van der Waals surface area contributed by atoms with Crippen molar-refractivity contribution in [3.8, 4) is 0 Å². The van der Waals surface area contributed by atoms with Crippen LogP contribution in [0.25, 0.3) is 0 Å². The van der Waals surface area contributed by atoms with Crippen molar-refractivity contribution in [2.24, 2.45) is 5.92 Å². The molecule has 4 heteroatoms. The summed E-state index contributed by atoms with van der Waals surface area (Å²) in [5.41, 5.74) is 0. The summed E-state index contributed by atoms with van der Waals surface area (Å²) < 4.78 is 5.41. The van der Waals surface area contributed by atoms with Gasteiger partial charge in [0.15, 0.2) is 5.82 Å². The molecule has 2 fully saturated rings. The third-order valence-electron chi connectivity index (χ3n) is 3.99. The van der Waals surface area contributed by atoms with Crippen LogP contribution >= 0.6 is 0 Å². The van der Waals surface area contributed by atoms with Gasteiger partial charge in [0, 0.05) is 12.5 Å². The number of hydrogen-bond donors (Lipinski definition) is 0. The van der Waals surface area contributed by atoms with Gasteiger partial charge in [-0.05, 0) is 45.1 Å². The molecule has 2 aliphatic rings. The molecule has 0 bridgehead atoms. The molecule has 2 atom stereocenters. The lowest BCUT2D eigenvalue weighted by atomic mass is 9.99. The molecule has 0 amide bonds. The van der Waals surface area contributed by atoms with Crippen molar-refractivity contribution in [3.05, 3.63) is 11.7 Å². The SMILES string of the molecule is C[C@@H]1CCCN([C@H](C)c2nc(C3CC3)no2)C1. The van der Waals surface area contributed by atoms with Crippen molar-refractivity contribution in [2.75, 3.05) is 13.1 Å². The maximum atomic E-state index is 5.41. The molecule has 3 rings (SSSR count). The second-order valence-electron chi connectivity index (χ2n) is 5.68. The van der Waals surface area contributed by atoms with E-state index in [4.69, 9.17) is 4.52 Å². The molecule has 1 aromatic heterocycles. The Balaban J connectivity index is 1.68. The van der Waals surface area contributed by atoms with E-state index < -0.39 is 0 Å². The van der Waals surface area contributed by atoms with E-state index in [9.17, 15) is 0 Å². The Kier molecular flexibility index (Phi) is 2.90. The Bertz CT molecular complexity index is 386. The molecular weight excluding hydrogens is 214 g/mol. The molecule has 1 aliphatic heterocycles. The van der Waals surface area contributed by atoms with Crippen molar-refractivity contribution in [1.82, 2.24) is 15.0 Å². The van der Waals surface area contributed by atoms with Crippen molar-refractivity contribution < 1.29 is 4.52 Å². The summed E-state index contributed by atoms with van der Waals surface area (Å²) in [5, 5.41) is 4.10. The number of rotatable bonds is 3. The van der Waals surface area contributed by atoms with Crippen molar-refractivity contribution >= 4 is 0 Å². The fraction of sp³-hybridized carbons (Fsp3) is 0.846. The van der Waals surface area contributed by atoms with Gasteiger partial charge >= 0.3 is 0 Å². The Labute approximate surface area is 102 Å². The van der Waals surface area contributed by atoms with Gasteiger partial charge in [-0.3, -0.25) is 4.90 Å². The topological polar surface area (TPSA) is 42.2 Å². The first-order valence-electron chi connectivity index (χ1n) is 6.81. The molecule has 0 N–H and O–H groups in total. The summed E-state index contributed by atoms with van der Waals surface area (Å²) in [7, 11) is 0. The van der Waals surface area contributed by atoms with Crippen LogP contribution in [0, 0.1) is 5.92 Å². The molecule has 0 spiro atoms. The van der Waals surface area contributed by atoms with E-state index in [-0.39, 0.29) is 6.04 Å². The highest BCUT2D eigenvalue weighted by molar-refractivity contribution is 5.04. The minimum absolute atomic E-state index is 0.276. The fourth-order valence-electron chi connectivity index (χ4n) is 2.66. The zero-order valence-electron chi connectivity index (χ0n) is 10.7. The molecule has 17 heavy (non-hydrogen) atoms. The van der Waals surface area contributed by atoms with Gasteiger partial charge in [0.25, 0.3) is 0 Å². The highest BCUT2D eigenvalue weighted by atomic mass is 16.5. The van der Waals surface area contributed by atoms with Crippen LogP contribution in [0.2, 0.25) is 0 Å². The first kappa shape index (κ1) is 11.2. The largest absolute Gasteiger partial charge is 0.338 e. The first-order valence-corrected chi connectivity index (χ1v) is 6.81. The normalized spacial score (nSPS) is 28.2. The predicted octanol–water partition coefficient (Wildman–Crippen LogP) is 2.74. The Morgan fingerprint density at radius 2 is 2.18 bits per heavy atom. The van der Waals surface area contributed by atoms with Gasteiger partial charge in [0.1, 0.15) is 0 Å². The van der Waals surface area contributed by atoms with Gasteiger partial charge in [-0.1, -0.05) is 12.1 Å². The first-order chi connectivity index (χ1) is 8.24. The Hall–Kier alpha value is -0.900. The summed E-state index contributed by atoms with van der Waals surface area (Å²) in [6, 6.07) is 0.276. The summed E-state index contributed by atoms with van der Waals surface area (Å²) >= 11 is 0. The van der Waals surface area contributed by atoms with Crippen molar-refractivity contribution in [1.29, 1.82) is 0 Å². The zero-order valence-corrected chi connectivity index (χ0v) is 10.7. The van der Waals surface area contributed by atoms with E-state index >= 15 is 0 Å². The smallest absolute Gasteiger partial charge is 0.243 e. The molecule has 1 aliphatic carbocycles. The molecule has 0 aromatic carbocycles. The monoisotopic (exact) mass is 235 g/mol. The maximum absolute atomic E-state index is 5.41. The molecule has 0 unspecified atom stereocenters. The summed E-state index contributed by atoms with van der Waals surface area (Å²) in [6.07, 6.45) is 5.09. The molecular formula is C13H21N3O. The van der Waals surface area contributed by atoms with Gasteiger partial charge in [-0.15, -0.1) is 0 Å². The predicted molar refractivity (Wildman–Crippen MR) is 64.7 cm³/mol. The second kappa shape index (κ2) is 4.41. The number of piperidine rings is 1. The second-order valence-corrected chi connectivity index (χ2v) is 5.68. The molecule has 1 aromatic rings. The lowest BCUT2D eigenvalue weighted by Gasteiger charge is -2.33. The van der Waals surface area contributed by atoms with Gasteiger partial charge in [0.2, 0.25) is 5.89 Å². The number of likely N-dealkylation sites (tertiary alicyclic amines) is 1. The highest BCUT2D eigenvalue weighted by Gasteiger charge is 2.31. The van der Waals surface area contributed by atoms with Crippen LogP contribution in [-0.2, 0) is 0 Å². The minimum atomic E-state index is 0.276. The maximum Gasteiger partial charge on any atom is 0.243 e. The average Bonchev–Trinajstić information content (AvgIpc) is 3.07. The van der Waals surface area contributed by atoms with Crippen LogP contribution in [0.4, 0.5) is 0 Å². The summed E-state index contributed by atoms with van der Waals surface area (Å²) in [6.45, 7) is 6.82. The van der Waals surface area contributed by atoms with E-state index in [0.717, 1.165) is 30.7 Å². The van der Waals surface area contributed by atoms with Crippen LogP contribution in [0.3, 0.4) is 0 Å². The summed E-state index contributed by atoms with van der Waals surface area (Å²) in [4.78, 5) is 7.02. The molecule has 4 nitrogen and oxygen atoms in total. The van der Waals surface area contributed by atoms with Crippen LogP contribution in [0.15, 0.2) is 4.52 Å². The fourth-order valence-corrected chi connectivity index (χ4v) is 2.66. The number of aromatic nitrogens is 2. The Morgan fingerprint density at radius 1 is 1.35 bits per heavy atom. The molecule has 1 saturated heterocycles. The minimum Gasteiger partial charge on any atom is -0.338 e. The molecule has 2 heterocycles. The quantitative estimate of drug-likeness (QED) is 0.808.